The number of nitrogens with zero attached hydrogens (tertiary/aromatic N) is 1. The fourth-order valence-electron chi connectivity index (χ4n) is 1.67. The van der Waals surface area contributed by atoms with Crippen LogP contribution in [0.2, 0.25) is 0 Å². The highest BCUT2D eigenvalue weighted by Gasteiger charge is 1.98. The van der Waals surface area contributed by atoms with Gasteiger partial charge < -0.3 is 4.74 Å². The summed E-state index contributed by atoms with van der Waals surface area (Å²) in [5.74, 6) is 0.940. The molecule has 2 heteroatoms. The van der Waals surface area contributed by atoms with E-state index in [1.165, 1.54) is 5.22 Å². The summed E-state index contributed by atoms with van der Waals surface area (Å²) >= 11 is 0. The molecule has 0 aromatic carbocycles. The first-order chi connectivity index (χ1) is 7.79. The van der Waals surface area contributed by atoms with E-state index >= 15 is 0 Å². The van der Waals surface area contributed by atoms with E-state index in [2.05, 4.69) is 23.2 Å². The van der Waals surface area contributed by atoms with Gasteiger partial charge in [0.2, 0.25) is 0 Å². The van der Waals surface area contributed by atoms with Crippen LogP contribution in [0.15, 0.2) is 24.0 Å². The molecule has 0 spiro atoms. The van der Waals surface area contributed by atoms with E-state index < -0.39 is 0 Å². The van der Waals surface area contributed by atoms with Crippen molar-refractivity contribution in [2.45, 2.75) is 33.3 Å². The Hall–Kier alpha value is -1.57. The quantitative estimate of drug-likeness (QED) is 0.718. The summed E-state index contributed by atoms with van der Waals surface area (Å²) in [4.78, 5) is 4.58. The molecule has 1 aromatic rings. The van der Waals surface area contributed by atoms with Gasteiger partial charge in [0.25, 0.3) is 0 Å². The minimum atomic E-state index is 0.553. The van der Waals surface area contributed by atoms with Gasteiger partial charge in [-0.1, -0.05) is 18.2 Å². The van der Waals surface area contributed by atoms with Crippen molar-refractivity contribution >= 4 is 12.2 Å². The monoisotopic (exact) mass is 215 g/mol. The Morgan fingerprint density at radius 3 is 3.00 bits per heavy atom. The summed E-state index contributed by atoms with van der Waals surface area (Å²) in [6.07, 6.45) is 8.62. The van der Waals surface area contributed by atoms with Crippen molar-refractivity contribution in [3.05, 3.63) is 40.2 Å². The molecule has 0 fully saturated rings. The fourth-order valence-corrected chi connectivity index (χ4v) is 1.67. The van der Waals surface area contributed by atoms with Gasteiger partial charge in [-0.25, -0.2) is 4.98 Å². The molecule has 0 bridgehead atoms. The molecule has 0 saturated carbocycles. The second kappa shape index (κ2) is 4.97. The van der Waals surface area contributed by atoms with Gasteiger partial charge in [0.1, 0.15) is 6.61 Å². The number of fused-ring (bicyclic) bond motifs is 1. The lowest BCUT2D eigenvalue weighted by molar-refractivity contribution is 0.196. The molecule has 0 amide bonds. The second-order valence-corrected chi connectivity index (χ2v) is 3.95. The maximum absolute atomic E-state index is 5.54. The third-order valence-corrected chi connectivity index (χ3v) is 2.74. The molecule has 16 heavy (non-hydrogen) atoms. The molecule has 0 saturated heterocycles. The Bertz CT molecular complexity index is 514. The van der Waals surface area contributed by atoms with E-state index in [9.17, 15) is 0 Å². The molecule has 1 heterocycles. The molecule has 1 aliphatic rings. The Morgan fingerprint density at radius 2 is 2.19 bits per heavy atom. The lowest BCUT2D eigenvalue weighted by atomic mass is 10.1. The standard InChI is InChI=1S/C14H17NO/c1-3-11(2)16-10-13-9-8-12-6-4-5-7-14(12)15-13/h3,6-9H,4-5,10H2,1-2H3/b11-3+. The number of aromatic nitrogens is 1. The smallest absolute Gasteiger partial charge is 0.130 e. The highest BCUT2D eigenvalue weighted by Crippen LogP contribution is 2.01. The van der Waals surface area contributed by atoms with Crippen LogP contribution in [0.4, 0.5) is 0 Å². The SMILES string of the molecule is C/C=C(\C)OCc1ccc2c(n1)=CCCC=2. The third kappa shape index (κ3) is 2.51. The molecule has 0 radical (unpaired) electrons. The molecule has 0 atom stereocenters. The normalized spacial score (nSPS) is 14.8. The van der Waals surface area contributed by atoms with Crippen LogP contribution in [-0.2, 0) is 11.3 Å². The van der Waals surface area contributed by atoms with Crippen LogP contribution < -0.4 is 10.6 Å². The molecule has 84 valence electrons. The topological polar surface area (TPSA) is 22.1 Å². The molecule has 2 nitrogen and oxygen atoms in total. The molecule has 1 aliphatic carbocycles. The average Bonchev–Trinajstić information content (AvgIpc) is 2.35. The van der Waals surface area contributed by atoms with E-state index in [4.69, 9.17) is 4.74 Å². The number of hydrogen-bond acceptors (Lipinski definition) is 2. The number of hydrogen-bond donors (Lipinski definition) is 0. The number of rotatable bonds is 3. The van der Waals surface area contributed by atoms with Crippen LogP contribution in [0.25, 0.3) is 12.2 Å². The molecule has 2 rings (SSSR count). The maximum atomic E-state index is 5.54. The minimum absolute atomic E-state index is 0.553. The number of allylic oxidation sites excluding steroid dienone is 2. The van der Waals surface area contributed by atoms with Crippen LogP contribution in [0.3, 0.4) is 0 Å². The van der Waals surface area contributed by atoms with Crippen LogP contribution in [-0.4, -0.2) is 4.98 Å². The van der Waals surface area contributed by atoms with Gasteiger partial charge >= 0.3 is 0 Å². The first-order valence-electron chi connectivity index (χ1n) is 5.71. The molecule has 0 unspecified atom stereocenters. The van der Waals surface area contributed by atoms with Crippen LogP contribution in [0.5, 0.6) is 0 Å². The largest absolute Gasteiger partial charge is 0.492 e. The van der Waals surface area contributed by atoms with Crippen molar-refractivity contribution in [2.75, 3.05) is 0 Å². The summed E-state index contributed by atoms with van der Waals surface area (Å²) < 4.78 is 5.54. The van der Waals surface area contributed by atoms with E-state index in [0.717, 1.165) is 29.6 Å². The zero-order chi connectivity index (χ0) is 11.4. The van der Waals surface area contributed by atoms with Crippen molar-refractivity contribution in [3.8, 4) is 0 Å². The summed E-state index contributed by atoms with van der Waals surface area (Å²) in [5.41, 5.74) is 0.992. The first kappa shape index (κ1) is 10.9. The summed E-state index contributed by atoms with van der Waals surface area (Å²) in [5, 5.41) is 2.35. The zero-order valence-corrected chi connectivity index (χ0v) is 9.86. The van der Waals surface area contributed by atoms with Gasteiger partial charge in [-0.05, 0) is 44.1 Å². The molecule has 0 N–H and O–H groups in total. The van der Waals surface area contributed by atoms with Crippen molar-refractivity contribution < 1.29 is 4.74 Å². The van der Waals surface area contributed by atoms with Gasteiger partial charge in [0.15, 0.2) is 0 Å². The summed E-state index contributed by atoms with van der Waals surface area (Å²) in [6, 6.07) is 4.17. The van der Waals surface area contributed by atoms with Gasteiger partial charge in [-0.15, -0.1) is 0 Å². The molecule has 0 aliphatic heterocycles. The highest BCUT2D eigenvalue weighted by atomic mass is 16.5. The third-order valence-electron chi connectivity index (χ3n) is 2.74. The fraction of sp³-hybridized carbons (Fsp3) is 0.357. The van der Waals surface area contributed by atoms with Gasteiger partial charge in [0, 0.05) is 0 Å². The van der Waals surface area contributed by atoms with Crippen LogP contribution in [0, 0.1) is 0 Å². The number of pyridine rings is 1. The van der Waals surface area contributed by atoms with Crippen LogP contribution in [0.1, 0.15) is 32.4 Å². The van der Waals surface area contributed by atoms with E-state index in [0.29, 0.717) is 6.61 Å². The van der Waals surface area contributed by atoms with E-state index in [1.807, 2.05) is 26.0 Å². The van der Waals surface area contributed by atoms with Crippen molar-refractivity contribution in [1.82, 2.24) is 4.98 Å². The van der Waals surface area contributed by atoms with Gasteiger partial charge in [0.05, 0.1) is 16.8 Å². The van der Waals surface area contributed by atoms with E-state index in [1.54, 1.807) is 0 Å². The van der Waals surface area contributed by atoms with Crippen molar-refractivity contribution in [2.24, 2.45) is 0 Å². The Morgan fingerprint density at radius 1 is 1.38 bits per heavy atom. The predicted octanol–water partition coefficient (Wildman–Crippen LogP) is 1.88. The summed E-state index contributed by atoms with van der Waals surface area (Å²) in [6.45, 7) is 4.48. The second-order valence-electron chi connectivity index (χ2n) is 3.95. The minimum Gasteiger partial charge on any atom is -0.492 e. The van der Waals surface area contributed by atoms with Crippen molar-refractivity contribution in [1.29, 1.82) is 0 Å². The van der Waals surface area contributed by atoms with Gasteiger partial charge in [-0.2, -0.15) is 0 Å². The van der Waals surface area contributed by atoms with Gasteiger partial charge in [-0.3, -0.25) is 0 Å². The number of ether oxygens (including phenoxy) is 1. The Labute approximate surface area is 96.0 Å². The Kier molecular flexibility index (Phi) is 3.40. The first-order valence-corrected chi connectivity index (χ1v) is 5.71. The highest BCUT2D eigenvalue weighted by molar-refractivity contribution is 5.35. The van der Waals surface area contributed by atoms with E-state index in [-0.39, 0.29) is 0 Å². The average molecular weight is 215 g/mol. The molecular weight excluding hydrogens is 198 g/mol. The predicted molar refractivity (Wildman–Crippen MR) is 65.9 cm³/mol. The zero-order valence-electron chi connectivity index (χ0n) is 9.86. The Balaban J connectivity index is 2.19. The van der Waals surface area contributed by atoms with Crippen molar-refractivity contribution in [3.63, 3.8) is 0 Å². The molecular formula is C14H17NO. The maximum Gasteiger partial charge on any atom is 0.130 e. The molecule has 1 aromatic heterocycles. The van der Waals surface area contributed by atoms with Crippen LogP contribution >= 0.6 is 0 Å². The summed E-state index contributed by atoms with van der Waals surface area (Å²) in [7, 11) is 0. The lowest BCUT2D eigenvalue weighted by Crippen LogP contribution is -2.30. The lowest BCUT2D eigenvalue weighted by Gasteiger charge is -2.06.